The molecule has 21 heavy (non-hydrogen) atoms. The minimum Gasteiger partial charge on any atom is -0.338 e. The molecule has 112 valence electrons. The van der Waals surface area contributed by atoms with E-state index in [1.165, 1.54) is 6.42 Å². The van der Waals surface area contributed by atoms with Crippen molar-refractivity contribution in [3.8, 4) is 6.07 Å². The highest BCUT2D eigenvalue weighted by Crippen LogP contribution is 2.15. The number of urea groups is 1. The van der Waals surface area contributed by atoms with Crippen molar-refractivity contribution in [2.45, 2.75) is 19.8 Å². The highest BCUT2D eigenvalue weighted by molar-refractivity contribution is 5.89. The van der Waals surface area contributed by atoms with E-state index < -0.39 is 0 Å². The van der Waals surface area contributed by atoms with E-state index in [1.807, 2.05) is 0 Å². The van der Waals surface area contributed by atoms with Gasteiger partial charge < -0.3 is 15.5 Å². The summed E-state index contributed by atoms with van der Waals surface area (Å²) in [4.78, 5) is 14.3. The lowest BCUT2D eigenvalue weighted by molar-refractivity contribution is 0.249. The number of carbonyl (C=O) groups excluding carboxylic acids is 1. The van der Waals surface area contributed by atoms with E-state index >= 15 is 0 Å². The van der Waals surface area contributed by atoms with Crippen molar-refractivity contribution in [2.75, 3.05) is 31.5 Å². The molecule has 1 saturated heterocycles. The van der Waals surface area contributed by atoms with E-state index in [2.05, 4.69) is 28.5 Å². The van der Waals surface area contributed by atoms with Gasteiger partial charge in [0.1, 0.15) is 0 Å². The van der Waals surface area contributed by atoms with E-state index in [4.69, 9.17) is 5.26 Å². The first kappa shape index (κ1) is 15.3. The van der Waals surface area contributed by atoms with E-state index in [9.17, 15) is 4.79 Å². The molecule has 1 fully saturated rings. The molecule has 1 aliphatic rings. The lowest BCUT2D eigenvalue weighted by atomic mass is 10.1. The van der Waals surface area contributed by atoms with Gasteiger partial charge in [-0.1, -0.05) is 6.92 Å². The molecule has 0 aromatic heterocycles. The summed E-state index contributed by atoms with van der Waals surface area (Å²) in [6.07, 6.45) is 2.33. The topological polar surface area (TPSA) is 68.2 Å². The Balaban J connectivity index is 1.71. The first-order chi connectivity index (χ1) is 10.2. The number of likely N-dealkylation sites (tertiary alicyclic amines) is 1. The van der Waals surface area contributed by atoms with Gasteiger partial charge in [0.2, 0.25) is 0 Å². The zero-order chi connectivity index (χ0) is 15.1. The first-order valence-electron chi connectivity index (χ1n) is 7.48. The van der Waals surface area contributed by atoms with Crippen LogP contribution in [0.2, 0.25) is 0 Å². The molecule has 1 unspecified atom stereocenters. The van der Waals surface area contributed by atoms with Gasteiger partial charge >= 0.3 is 6.03 Å². The zero-order valence-corrected chi connectivity index (χ0v) is 12.4. The van der Waals surface area contributed by atoms with Crippen LogP contribution in [0.25, 0.3) is 0 Å². The van der Waals surface area contributed by atoms with Gasteiger partial charge in [-0.05, 0) is 56.1 Å². The van der Waals surface area contributed by atoms with E-state index in [1.54, 1.807) is 24.3 Å². The molecule has 1 aromatic carbocycles. The van der Waals surface area contributed by atoms with Crippen LogP contribution < -0.4 is 10.6 Å². The maximum atomic E-state index is 11.8. The van der Waals surface area contributed by atoms with Crippen LogP contribution in [0.5, 0.6) is 0 Å². The summed E-state index contributed by atoms with van der Waals surface area (Å²) in [7, 11) is 0. The average Bonchev–Trinajstić information content (AvgIpc) is 2.94. The van der Waals surface area contributed by atoms with E-state index in [-0.39, 0.29) is 6.03 Å². The summed E-state index contributed by atoms with van der Waals surface area (Å²) >= 11 is 0. The first-order valence-corrected chi connectivity index (χ1v) is 7.48. The third kappa shape index (κ3) is 4.76. The molecule has 0 bridgehead atoms. The van der Waals surface area contributed by atoms with Crippen LogP contribution in [0.1, 0.15) is 25.3 Å². The normalized spacial score (nSPS) is 18.2. The number of nitriles is 1. The van der Waals surface area contributed by atoms with Crippen LogP contribution in [0.15, 0.2) is 24.3 Å². The monoisotopic (exact) mass is 286 g/mol. The van der Waals surface area contributed by atoms with Crippen LogP contribution in [0, 0.1) is 17.2 Å². The fraction of sp³-hybridized carbons (Fsp3) is 0.500. The van der Waals surface area contributed by atoms with Crippen molar-refractivity contribution < 1.29 is 4.79 Å². The molecular formula is C16H22N4O. The second-order valence-corrected chi connectivity index (χ2v) is 5.48. The Morgan fingerprint density at radius 2 is 2.19 bits per heavy atom. The number of hydrogen-bond acceptors (Lipinski definition) is 3. The Labute approximate surface area is 125 Å². The van der Waals surface area contributed by atoms with Gasteiger partial charge in [0.25, 0.3) is 0 Å². The summed E-state index contributed by atoms with van der Waals surface area (Å²) in [5.74, 6) is 0.545. The molecular weight excluding hydrogens is 264 g/mol. The predicted octanol–water partition coefficient (Wildman–Crippen LogP) is 2.41. The number of carbonyl (C=O) groups is 1. The van der Waals surface area contributed by atoms with Gasteiger partial charge in [0.05, 0.1) is 11.6 Å². The van der Waals surface area contributed by atoms with Gasteiger partial charge in [-0.25, -0.2) is 4.79 Å². The van der Waals surface area contributed by atoms with Crippen molar-refractivity contribution in [3.63, 3.8) is 0 Å². The fourth-order valence-electron chi connectivity index (χ4n) is 2.64. The molecule has 0 saturated carbocycles. The van der Waals surface area contributed by atoms with Crippen molar-refractivity contribution in [1.29, 1.82) is 5.26 Å². The van der Waals surface area contributed by atoms with Crippen LogP contribution in [0.4, 0.5) is 10.5 Å². The standard InChI is InChI=1S/C16H22N4O/c1-2-8-20-9-7-14(12-20)11-18-16(21)19-15-5-3-13(10-17)4-6-15/h3-6,14H,2,7-9,11-12H2,1H3,(H2,18,19,21). The van der Waals surface area contributed by atoms with Gasteiger partial charge in [-0.3, -0.25) is 0 Å². The van der Waals surface area contributed by atoms with Crippen LogP contribution in [-0.2, 0) is 0 Å². The van der Waals surface area contributed by atoms with Gasteiger partial charge in [-0.2, -0.15) is 5.26 Å². The Hall–Kier alpha value is -2.06. The number of amides is 2. The fourth-order valence-corrected chi connectivity index (χ4v) is 2.64. The van der Waals surface area contributed by atoms with E-state index in [0.29, 0.717) is 23.7 Å². The Kier molecular flexibility index (Phi) is 5.59. The smallest absolute Gasteiger partial charge is 0.319 e. The predicted molar refractivity (Wildman–Crippen MR) is 83.0 cm³/mol. The number of nitrogens with zero attached hydrogens (tertiary/aromatic N) is 2. The maximum absolute atomic E-state index is 11.8. The van der Waals surface area contributed by atoms with Crippen LogP contribution in [-0.4, -0.2) is 37.1 Å². The molecule has 2 N–H and O–H groups in total. The molecule has 1 aliphatic heterocycles. The molecule has 2 rings (SSSR count). The summed E-state index contributed by atoms with van der Waals surface area (Å²) in [6.45, 7) is 6.26. The molecule has 0 radical (unpaired) electrons. The van der Waals surface area contributed by atoms with Crippen molar-refractivity contribution in [3.05, 3.63) is 29.8 Å². The number of rotatable bonds is 5. The van der Waals surface area contributed by atoms with Gasteiger partial charge in [0, 0.05) is 18.8 Å². The molecule has 0 spiro atoms. The minimum atomic E-state index is -0.186. The second kappa shape index (κ2) is 7.65. The largest absolute Gasteiger partial charge is 0.338 e. The van der Waals surface area contributed by atoms with Gasteiger partial charge in [-0.15, -0.1) is 0 Å². The highest BCUT2D eigenvalue weighted by Gasteiger charge is 2.21. The van der Waals surface area contributed by atoms with Crippen molar-refractivity contribution >= 4 is 11.7 Å². The summed E-state index contributed by atoms with van der Waals surface area (Å²) in [6, 6.07) is 8.71. The Morgan fingerprint density at radius 3 is 2.86 bits per heavy atom. The Morgan fingerprint density at radius 1 is 1.43 bits per heavy atom. The molecule has 2 amide bonds. The number of nitrogens with one attached hydrogen (secondary N) is 2. The third-order valence-electron chi connectivity index (χ3n) is 3.73. The zero-order valence-electron chi connectivity index (χ0n) is 12.4. The maximum Gasteiger partial charge on any atom is 0.319 e. The van der Waals surface area contributed by atoms with Crippen molar-refractivity contribution in [1.82, 2.24) is 10.2 Å². The van der Waals surface area contributed by atoms with Crippen LogP contribution >= 0.6 is 0 Å². The summed E-state index contributed by atoms with van der Waals surface area (Å²) < 4.78 is 0. The third-order valence-corrected chi connectivity index (χ3v) is 3.73. The minimum absolute atomic E-state index is 0.186. The summed E-state index contributed by atoms with van der Waals surface area (Å²) in [5, 5.41) is 14.4. The number of hydrogen-bond donors (Lipinski definition) is 2. The summed E-state index contributed by atoms with van der Waals surface area (Å²) in [5.41, 5.74) is 1.29. The lowest BCUT2D eigenvalue weighted by Gasteiger charge is -2.15. The second-order valence-electron chi connectivity index (χ2n) is 5.48. The SMILES string of the molecule is CCCN1CCC(CNC(=O)Nc2ccc(C#N)cc2)C1. The quantitative estimate of drug-likeness (QED) is 0.873. The van der Waals surface area contributed by atoms with Gasteiger partial charge in [0.15, 0.2) is 0 Å². The Bertz CT molecular complexity index is 506. The molecule has 5 nitrogen and oxygen atoms in total. The number of benzene rings is 1. The van der Waals surface area contributed by atoms with E-state index in [0.717, 1.165) is 26.1 Å². The molecule has 1 atom stereocenters. The highest BCUT2D eigenvalue weighted by atomic mass is 16.2. The average molecular weight is 286 g/mol. The lowest BCUT2D eigenvalue weighted by Crippen LogP contribution is -2.34. The number of anilines is 1. The molecule has 0 aliphatic carbocycles. The molecule has 5 heteroatoms. The molecule has 1 heterocycles. The van der Waals surface area contributed by atoms with Crippen LogP contribution in [0.3, 0.4) is 0 Å². The van der Waals surface area contributed by atoms with Crippen molar-refractivity contribution in [2.24, 2.45) is 5.92 Å². The molecule has 1 aromatic rings.